The zero-order valence-electron chi connectivity index (χ0n) is 17.3. The summed E-state index contributed by atoms with van der Waals surface area (Å²) in [6, 6.07) is 11.7. The Hall–Kier alpha value is -3.47. The van der Waals surface area contributed by atoms with Gasteiger partial charge < -0.3 is 9.64 Å². The fourth-order valence-corrected chi connectivity index (χ4v) is 3.52. The van der Waals surface area contributed by atoms with Crippen LogP contribution in [0, 0.1) is 0 Å². The number of nitrogens with zero attached hydrogens (tertiary/aromatic N) is 6. The Bertz CT molecular complexity index is 1060. The van der Waals surface area contributed by atoms with Crippen LogP contribution in [0.25, 0.3) is 5.69 Å². The van der Waals surface area contributed by atoms with Gasteiger partial charge in [0.25, 0.3) is 5.91 Å². The third kappa shape index (κ3) is 4.72. The average molecular weight is 446 g/mol. The molecule has 11 heteroatoms. The minimum atomic E-state index is -4.42. The first-order valence-corrected chi connectivity index (χ1v) is 9.96. The summed E-state index contributed by atoms with van der Waals surface area (Å²) in [5.41, 5.74) is 0.283. The first kappa shape index (κ1) is 21.8. The molecular formula is C21H21F3N6O2. The zero-order chi connectivity index (χ0) is 22.7. The van der Waals surface area contributed by atoms with Crippen molar-refractivity contribution in [2.45, 2.75) is 12.7 Å². The molecular weight excluding hydrogens is 425 g/mol. The van der Waals surface area contributed by atoms with Gasteiger partial charge in [0.15, 0.2) is 5.82 Å². The average Bonchev–Trinajstić information content (AvgIpc) is 3.27. The van der Waals surface area contributed by atoms with Gasteiger partial charge in [0.1, 0.15) is 5.75 Å². The highest BCUT2D eigenvalue weighted by molar-refractivity contribution is 5.94. The van der Waals surface area contributed by atoms with Crippen molar-refractivity contribution in [2.24, 2.45) is 0 Å². The summed E-state index contributed by atoms with van der Waals surface area (Å²) in [5, 5.41) is 11.9. The molecule has 0 atom stereocenters. The summed E-state index contributed by atoms with van der Waals surface area (Å²) < 4.78 is 45.0. The van der Waals surface area contributed by atoms with E-state index in [1.807, 2.05) is 24.3 Å². The maximum atomic E-state index is 12.7. The molecule has 0 saturated carbocycles. The van der Waals surface area contributed by atoms with Gasteiger partial charge in [0.05, 0.1) is 24.9 Å². The van der Waals surface area contributed by atoms with Crippen molar-refractivity contribution in [1.82, 2.24) is 30.0 Å². The van der Waals surface area contributed by atoms with Gasteiger partial charge in [0, 0.05) is 31.7 Å². The number of hydrogen-bond donors (Lipinski definition) is 0. The summed E-state index contributed by atoms with van der Waals surface area (Å²) in [6.45, 7) is 2.62. The van der Waals surface area contributed by atoms with Crippen molar-refractivity contribution >= 4 is 5.91 Å². The highest BCUT2D eigenvalue weighted by atomic mass is 19.4. The Morgan fingerprint density at radius 2 is 1.66 bits per heavy atom. The van der Waals surface area contributed by atoms with Crippen LogP contribution in [-0.4, -0.2) is 69.2 Å². The van der Waals surface area contributed by atoms with Crippen molar-refractivity contribution in [2.75, 3.05) is 33.3 Å². The number of rotatable bonds is 5. The van der Waals surface area contributed by atoms with E-state index in [1.54, 1.807) is 16.7 Å². The fourth-order valence-electron chi connectivity index (χ4n) is 3.52. The third-order valence-corrected chi connectivity index (χ3v) is 5.33. The standard InChI is InChI=1S/C21H21F3N6O2/c1-32-18-8-6-17(7-9-18)30-19(25-26-27-30)14-28-10-12-29(13-11-28)20(31)15-2-4-16(5-3-15)21(22,23)24/h2-9H,10-14H2,1H3. The molecule has 0 aliphatic carbocycles. The number of carbonyl (C=O) groups is 1. The van der Waals surface area contributed by atoms with Crippen molar-refractivity contribution < 1.29 is 22.7 Å². The molecule has 1 fully saturated rings. The number of alkyl halides is 3. The summed E-state index contributed by atoms with van der Waals surface area (Å²) in [6.07, 6.45) is -4.42. The third-order valence-electron chi connectivity index (χ3n) is 5.33. The van der Waals surface area contributed by atoms with Crippen LogP contribution in [0.5, 0.6) is 5.75 Å². The van der Waals surface area contributed by atoms with Gasteiger partial charge in [-0.25, -0.2) is 0 Å². The highest BCUT2D eigenvalue weighted by Crippen LogP contribution is 2.29. The van der Waals surface area contributed by atoms with E-state index in [9.17, 15) is 18.0 Å². The second-order valence-corrected chi connectivity index (χ2v) is 7.35. The Labute approximate surface area is 182 Å². The molecule has 168 valence electrons. The number of halogens is 3. The van der Waals surface area contributed by atoms with E-state index in [0.717, 1.165) is 23.6 Å². The van der Waals surface area contributed by atoms with Crippen molar-refractivity contribution in [1.29, 1.82) is 0 Å². The maximum Gasteiger partial charge on any atom is 0.416 e. The van der Waals surface area contributed by atoms with Gasteiger partial charge in [0.2, 0.25) is 0 Å². The topological polar surface area (TPSA) is 76.4 Å². The van der Waals surface area contributed by atoms with Gasteiger partial charge in [-0.3, -0.25) is 9.69 Å². The smallest absolute Gasteiger partial charge is 0.416 e. The van der Waals surface area contributed by atoms with E-state index in [4.69, 9.17) is 4.74 Å². The molecule has 1 aliphatic heterocycles. The summed E-state index contributed by atoms with van der Waals surface area (Å²) in [4.78, 5) is 16.4. The Morgan fingerprint density at radius 1 is 1.00 bits per heavy atom. The molecule has 1 aliphatic rings. The Kier molecular flexibility index (Phi) is 6.08. The minimum absolute atomic E-state index is 0.245. The Balaban J connectivity index is 1.35. The monoisotopic (exact) mass is 446 g/mol. The van der Waals surface area contributed by atoms with Crippen LogP contribution in [0.15, 0.2) is 48.5 Å². The van der Waals surface area contributed by atoms with E-state index >= 15 is 0 Å². The number of aromatic nitrogens is 4. The predicted molar refractivity (Wildman–Crippen MR) is 108 cm³/mol. The van der Waals surface area contributed by atoms with E-state index < -0.39 is 11.7 Å². The second-order valence-electron chi connectivity index (χ2n) is 7.35. The molecule has 1 aromatic heterocycles. The number of benzene rings is 2. The molecule has 32 heavy (non-hydrogen) atoms. The molecule has 1 saturated heterocycles. The molecule has 2 heterocycles. The van der Waals surface area contributed by atoms with Gasteiger partial charge in [-0.2, -0.15) is 17.9 Å². The summed E-state index contributed by atoms with van der Waals surface area (Å²) in [5.74, 6) is 1.12. The molecule has 0 spiro atoms. The molecule has 0 unspecified atom stereocenters. The fraction of sp³-hybridized carbons (Fsp3) is 0.333. The molecule has 2 aromatic carbocycles. The van der Waals surface area contributed by atoms with Gasteiger partial charge in [-0.15, -0.1) is 5.10 Å². The Morgan fingerprint density at radius 3 is 2.25 bits per heavy atom. The van der Waals surface area contributed by atoms with Crippen molar-refractivity contribution in [3.63, 3.8) is 0 Å². The number of methoxy groups -OCH3 is 1. The number of amides is 1. The van der Waals surface area contributed by atoms with Gasteiger partial charge >= 0.3 is 6.18 Å². The van der Waals surface area contributed by atoms with Crippen LogP contribution in [0.3, 0.4) is 0 Å². The van der Waals surface area contributed by atoms with E-state index in [0.29, 0.717) is 38.5 Å². The SMILES string of the molecule is COc1ccc(-n2nnnc2CN2CCN(C(=O)c3ccc(C(F)(F)F)cc3)CC2)cc1. The quantitative estimate of drug-likeness (QED) is 0.600. The van der Waals surface area contributed by atoms with Crippen LogP contribution in [-0.2, 0) is 12.7 Å². The molecule has 0 radical (unpaired) electrons. The van der Waals surface area contributed by atoms with Crippen LogP contribution < -0.4 is 4.74 Å². The number of piperazine rings is 1. The zero-order valence-corrected chi connectivity index (χ0v) is 17.3. The maximum absolute atomic E-state index is 12.7. The van der Waals surface area contributed by atoms with Gasteiger partial charge in [-0.05, 0) is 59.0 Å². The second kappa shape index (κ2) is 8.95. The minimum Gasteiger partial charge on any atom is -0.497 e. The van der Waals surface area contributed by atoms with Crippen molar-refractivity contribution in [3.05, 3.63) is 65.5 Å². The highest BCUT2D eigenvalue weighted by Gasteiger charge is 2.31. The lowest BCUT2D eigenvalue weighted by Gasteiger charge is -2.34. The van der Waals surface area contributed by atoms with Gasteiger partial charge in [-0.1, -0.05) is 0 Å². The van der Waals surface area contributed by atoms with E-state index in [1.165, 1.54) is 12.1 Å². The molecule has 8 nitrogen and oxygen atoms in total. The van der Waals surface area contributed by atoms with Crippen LogP contribution in [0.1, 0.15) is 21.7 Å². The molecule has 1 amide bonds. The molecule has 3 aromatic rings. The first-order chi connectivity index (χ1) is 15.3. The van der Waals surface area contributed by atoms with Crippen LogP contribution >= 0.6 is 0 Å². The van der Waals surface area contributed by atoms with Crippen LogP contribution in [0.2, 0.25) is 0 Å². The summed E-state index contributed by atoms with van der Waals surface area (Å²) in [7, 11) is 1.60. The number of hydrogen-bond acceptors (Lipinski definition) is 6. The molecule has 0 bridgehead atoms. The lowest BCUT2D eigenvalue weighted by molar-refractivity contribution is -0.137. The predicted octanol–water partition coefficient (Wildman–Crippen LogP) is 2.65. The first-order valence-electron chi connectivity index (χ1n) is 9.96. The number of tetrazole rings is 1. The largest absolute Gasteiger partial charge is 0.497 e. The van der Waals surface area contributed by atoms with Crippen LogP contribution in [0.4, 0.5) is 13.2 Å². The van der Waals surface area contributed by atoms with Crippen molar-refractivity contribution in [3.8, 4) is 11.4 Å². The normalized spacial score (nSPS) is 15.1. The lowest BCUT2D eigenvalue weighted by atomic mass is 10.1. The molecule has 0 N–H and O–H groups in total. The number of carbonyl (C=O) groups excluding carboxylic acids is 1. The lowest BCUT2D eigenvalue weighted by Crippen LogP contribution is -2.48. The number of ether oxygens (including phenoxy) is 1. The summed E-state index contributed by atoms with van der Waals surface area (Å²) >= 11 is 0. The van der Waals surface area contributed by atoms with E-state index in [-0.39, 0.29) is 11.5 Å². The van der Waals surface area contributed by atoms with E-state index in [2.05, 4.69) is 20.4 Å². The molecule has 4 rings (SSSR count).